The molecule has 0 aliphatic heterocycles. The van der Waals surface area contributed by atoms with Crippen LogP contribution < -0.4 is 14.8 Å². The van der Waals surface area contributed by atoms with Crippen LogP contribution in [0.5, 0.6) is 11.5 Å². The molecule has 0 spiro atoms. The predicted molar refractivity (Wildman–Crippen MR) is 93.2 cm³/mol. The number of hydrogen-bond acceptors (Lipinski definition) is 7. The van der Waals surface area contributed by atoms with E-state index in [9.17, 15) is 4.79 Å². The minimum absolute atomic E-state index is 0.127. The van der Waals surface area contributed by atoms with Gasteiger partial charge in [-0.15, -0.1) is 10.2 Å². The van der Waals surface area contributed by atoms with Crippen LogP contribution in [-0.2, 0) is 4.79 Å². The van der Waals surface area contributed by atoms with Crippen molar-refractivity contribution in [2.24, 2.45) is 0 Å². The third-order valence-corrected chi connectivity index (χ3v) is 5.08. The highest BCUT2D eigenvalue weighted by atomic mass is 35.5. The van der Waals surface area contributed by atoms with E-state index in [1.165, 1.54) is 37.3 Å². The Morgan fingerprint density at radius 1 is 1.30 bits per heavy atom. The number of nitrogens with one attached hydrogen (secondary N) is 1. The minimum atomic E-state index is -0.127. The number of carbonyl (C=O) groups excluding carboxylic acids is 1. The Balaban J connectivity index is 1.93. The van der Waals surface area contributed by atoms with E-state index in [1.54, 1.807) is 12.1 Å². The summed E-state index contributed by atoms with van der Waals surface area (Å²) in [6.07, 6.45) is 0.343. The third kappa shape index (κ3) is 4.98. The van der Waals surface area contributed by atoms with E-state index in [4.69, 9.17) is 21.1 Å². The number of rotatable bonds is 7. The van der Waals surface area contributed by atoms with Crippen LogP contribution in [0.25, 0.3) is 0 Å². The fourth-order valence-electron chi connectivity index (χ4n) is 1.74. The molecule has 9 heteroatoms. The number of ether oxygens (including phenoxy) is 2. The molecule has 0 saturated heterocycles. The summed E-state index contributed by atoms with van der Waals surface area (Å²) in [6, 6.07) is 3.25. The Morgan fingerprint density at radius 2 is 2.04 bits per heavy atom. The van der Waals surface area contributed by atoms with E-state index in [2.05, 4.69) is 15.5 Å². The van der Waals surface area contributed by atoms with Gasteiger partial charge in [0, 0.05) is 18.2 Å². The average Bonchev–Trinajstić information content (AvgIpc) is 2.93. The molecule has 0 atom stereocenters. The Morgan fingerprint density at radius 3 is 2.65 bits per heavy atom. The lowest BCUT2D eigenvalue weighted by atomic mass is 10.2. The zero-order chi connectivity index (χ0) is 16.8. The van der Waals surface area contributed by atoms with Gasteiger partial charge >= 0.3 is 0 Å². The van der Waals surface area contributed by atoms with E-state index < -0.39 is 0 Å². The van der Waals surface area contributed by atoms with E-state index in [0.717, 1.165) is 9.35 Å². The number of thioether (sulfide) groups is 1. The fraction of sp³-hybridized carbons (Fsp3) is 0.357. The van der Waals surface area contributed by atoms with Gasteiger partial charge in [-0.2, -0.15) is 0 Å². The van der Waals surface area contributed by atoms with Crippen molar-refractivity contribution in [3.63, 3.8) is 0 Å². The van der Waals surface area contributed by atoms with Crippen LogP contribution in [0.15, 0.2) is 16.5 Å². The minimum Gasteiger partial charge on any atom is -0.495 e. The lowest BCUT2D eigenvalue weighted by Crippen LogP contribution is -2.13. The summed E-state index contributed by atoms with van der Waals surface area (Å²) in [5, 5.41) is 12.0. The predicted octanol–water partition coefficient (Wildman–Crippen LogP) is 3.64. The molecule has 0 unspecified atom stereocenters. The molecule has 1 aromatic heterocycles. The summed E-state index contributed by atoms with van der Waals surface area (Å²) in [6.45, 7) is 1.90. The second kappa shape index (κ2) is 8.37. The summed E-state index contributed by atoms with van der Waals surface area (Å²) < 4.78 is 11.2. The quantitative estimate of drug-likeness (QED) is 0.747. The Bertz CT molecular complexity index is 694. The molecule has 0 aliphatic rings. The van der Waals surface area contributed by atoms with E-state index in [-0.39, 0.29) is 5.91 Å². The van der Waals surface area contributed by atoms with Gasteiger partial charge in [0.2, 0.25) is 5.91 Å². The molecule has 124 valence electrons. The monoisotopic (exact) mass is 373 g/mol. The maximum atomic E-state index is 12.1. The summed E-state index contributed by atoms with van der Waals surface area (Å²) in [4.78, 5) is 12.1. The van der Waals surface area contributed by atoms with Gasteiger partial charge in [-0.3, -0.25) is 4.79 Å². The molecule has 2 aromatic rings. The van der Waals surface area contributed by atoms with Crippen LogP contribution in [0.3, 0.4) is 0 Å². The first kappa shape index (κ1) is 17.8. The summed E-state index contributed by atoms with van der Waals surface area (Å²) in [7, 11) is 3.04. The van der Waals surface area contributed by atoms with Crippen molar-refractivity contribution in [2.45, 2.75) is 17.7 Å². The number of halogens is 1. The van der Waals surface area contributed by atoms with Gasteiger partial charge in [0.25, 0.3) is 0 Å². The summed E-state index contributed by atoms with van der Waals surface area (Å²) >= 11 is 9.10. The topological polar surface area (TPSA) is 73.3 Å². The molecular weight excluding hydrogens is 358 g/mol. The van der Waals surface area contributed by atoms with Crippen LogP contribution in [0.4, 0.5) is 5.69 Å². The van der Waals surface area contributed by atoms with Gasteiger partial charge < -0.3 is 14.8 Å². The second-order valence-electron chi connectivity index (χ2n) is 4.42. The zero-order valence-electron chi connectivity index (χ0n) is 12.9. The highest BCUT2D eigenvalue weighted by Crippen LogP contribution is 2.36. The molecule has 2 rings (SSSR count). The Hall–Kier alpha value is -1.51. The highest BCUT2D eigenvalue weighted by Gasteiger charge is 2.13. The van der Waals surface area contributed by atoms with Gasteiger partial charge in [-0.1, -0.05) is 34.7 Å². The molecule has 0 aliphatic carbocycles. The number of aromatic nitrogens is 2. The summed E-state index contributed by atoms with van der Waals surface area (Å²) in [5.74, 6) is 1.47. The normalized spacial score (nSPS) is 10.4. The average molecular weight is 374 g/mol. The van der Waals surface area contributed by atoms with Crippen molar-refractivity contribution in [2.75, 3.05) is 25.3 Å². The van der Waals surface area contributed by atoms with E-state index in [0.29, 0.717) is 34.4 Å². The van der Waals surface area contributed by atoms with Crippen LogP contribution >= 0.6 is 34.7 Å². The van der Waals surface area contributed by atoms with Crippen LogP contribution in [0.1, 0.15) is 11.4 Å². The first-order valence-corrected chi connectivity index (χ1v) is 8.85. The van der Waals surface area contributed by atoms with Gasteiger partial charge in [-0.25, -0.2) is 0 Å². The smallest absolute Gasteiger partial charge is 0.225 e. The zero-order valence-corrected chi connectivity index (χ0v) is 15.3. The molecule has 1 aromatic carbocycles. The fourth-order valence-corrected chi connectivity index (χ4v) is 3.80. The van der Waals surface area contributed by atoms with Gasteiger partial charge in [0.1, 0.15) is 16.5 Å². The SMILES string of the molecule is COc1cc(OC)c(NC(=O)CCSc2nnc(C)s2)cc1Cl. The number of hydrogen-bond donors (Lipinski definition) is 1. The van der Waals surface area contributed by atoms with Crippen molar-refractivity contribution >= 4 is 46.3 Å². The van der Waals surface area contributed by atoms with E-state index >= 15 is 0 Å². The van der Waals surface area contributed by atoms with Crippen LogP contribution in [-0.4, -0.2) is 36.1 Å². The summed E-state index contributed by atoms with van der Waals surface area (Å²) in [5.41, 5.74) is 0.514. The lowest BCUT2D eigenvalue weighted by Gasteiger charge is -2.13. The lowest BCUT2D eigenvalue weighted by molar-refractivity contribution is -0.115. The van der Waals surface area contributed by atoms with Crippen molar-refractivity contribution in [3.05, 3.63) is 22.2 Å². The largest absolute Gasteiger partial charge is 0.495 e. The molecule has 0 fully saturated rings. The molecule has 23 heavy (non-hydrogen) atoms. The number of carbonyl (C=O) groups is 1. The molecule has 1 heterocycles. The molecular formula is C14H16ClN3O3S2. The Labute approximate surface area is 147 Å². The van der Waals surface area contributed by atoms with E-state index in [1.807, 2.05) is 6.92 Å². The number of benzene rings is 1. The number of nitrogens with zero attached hydrogens (tertiary/aromatic N) is 2. The maximum absolute atomic E-state index is 12.1. The van der Waals surface area contributed by atoms with Crippen LogP contribution in [0.2, 0.25) is 5.02 Å². The van der Waals surface area contributed by atoms with Gasteiger partial charge in [0.15, 0.2) is 4.34 Å². The maximum Gasteiger partial charge on any atom is 0.225 e. The third-order valence-electron chi connectivity index (χ3n) is 2.81. The van der Waals surface area contributed by atoms with Crippen molar-refractivity contribution in [3.8, 4) is 11.5 Å². The standard InChI is InChI=1S/C14H16ClN3O3S2/c1-8-17-18-14(23-8)22-5-4-13(19)16-10-6-9(15)11(20-2)7-12(10)21-3/h6-7H,4-5H2,1-3H3,(H,16,19). The Kier molecular flexibility index (Phi) is 6.49. The second-order valence-corrected chi connectivity index (χ2v) is 7.35. The highest BCUT2D eigenvalue weighted by molar-refractivity contribution is 8.01. The van der Waals surface area contributed by atoms with Crippen molar-refractivity contribution in [1.82, 2.24) is 10.2 Å². The van der Waals surface area contributed by atoms with Gasteiger partial charge in [-0.05, 0) is 13.0 Å². The van der Waals surface area contributed by atoms with Gasteiger partial charge in [0.05, 0.1) is 24.9 Å². The number of aryl methyl sites for hydroxylation is 1. The number of anilines is 1. The number of amides is 1. The van der Waals surface area contributed by atoms with Crippen molar-refractivity contribution < 1.29 is 14.3 Å². The van der Waals surface area contributed by atoms with Crippen LogP contribution in [0, 0.1) is 6.92 Å². The number of methoxy groups -OCH3 is 2. The first-order chi connectivity index (χ1) is 11.0. The molecule has 1 amide bonds. The molecule has 1 N–H and O–H groups in total. The first-order valence-electron chi connectivity index (χ1n) is 6.67. The molecule has 6 nitrogen and oxygen atoms in total. The molecule has 0 bridgehead atoms. The molecule has 0 saturated carbocycles. The molecule has 0 radical (unpaired) electrons. The van der Waals surface area contributed by atoms with Crippen molar-refractivity contribution in [1.29, 1.82) is 0 Å².